The molecule has 3 fully saturated rings. The molecule has 1 N–H and O–H groups in total. The second-order valence-electron chi connectivity index (χ2n) is 6.88. The third kappa shape index (κ3) is 4.01. The van der Waals surface area contributed by atoms with Crippen LogP contribution in [0, 0.1) is 24.2 Å². The maximum atomic E-state index is 12.3. The van der Waals surface area contributed by atoms with E-state index in [1.54, 1.807) is 17.5 Å². The van der Waals surface area contributed by atoms with E-state index in [1.165, 1.54) is 17.8 Å². The van der Waals surface area contributed by atoms with Gasteiger partial charge in [-0.15, -0.1) is 17.8 Å². The minimum atomic E-state index is -3.36. The summed E-state index contributed by atoms with van der Waals surface area (Å²) in [5.74, 6) is 4.01. The standard InChI is InChI=1S/C17H25N3O2S2/c1-3-7-19(2)12-15-13-20-8-6-14(15)10-16(20)11-18-24(21,22)17-5-4-9-23-17/h1,4-5,9,14-16,18H,6-8,10-13H2,2H3/t14-,15-,16+/m0/s1. The van der Waals surface area contributed by atoms with Crippen LogP contribution in [0.4, 0.5) is 0 Å². The SMILES string of the molecule is C#CCN(C)C[C@H]1CN2CC[C@H]1C[C@@H]2CNS(=O)(=O)c1cccs1. The van der Waals surface area contributed by atoms with E-state index in [-0.39, 0.29) is 0 Å². The van der Waals surface area contributed by atoms with E-state index in [4.69, 9.17) is 6.42 Å². The van der Waals surface area contributed by atoms with Crippen LogP contribution in [0.5, 0.6) is 0 Å². The second kappa shape index (κ2) is 7.54. The highest BCUT2D eigenvalue weighted by Crippen LogP contribution is 2.36. The highest BCUT2D eigenvalue weighted by atomic mass is 32.2. The van der Waals surface area contributed by atoms with Crippen molar-refractivity contribution >= 4 is 21.4 Å². The van der Waals surface area contributed by atoms with Crippen molar-refractivity contribution in [3.05, 3.63) is 17.5 Å². The average Bonchev–Trinajstić information content (AvgIpc) is 3.09. The first kappa shape index (κ1) is 17.9. The third-order valence-corrected chi connectivity index (χ3v) is 8.01. The van der Waals surface area contributed by atoms with Gasteiger partial charge in [0.15, 0.2) is 0 Å². The third-order valence-electron chi connectivity index (χ3n) is 5.19. The van der Waals surface area contributed by atoms with Crippen LogP contribution in [0.15, 0.2) is 21.7 Å². The van der Waals surface area contributed by atoms with Gasteiger partial charge in [0.2, 0.25) is 10.0 Å². The Kier molecular flexibility index (Phi) is 5.63. The number of piperidine rings is 3. The summed E-state index contributed by atoms with van der Waals surface area (Å²) in [6.45, 7) is 4.34. The summed E-state index contributed by atoms with van der Waals surface area (Å²) in [5.41, 5.74) is 0. The van der Waals surface area contributed by atoms with Crippen LogP contribution >= 0.6 is 11.3 Å². The molecule has 0 spiro atoms. The van der Waals surface area contributed by atoms with Gasteiger partial charge in [-0.1, -0.05) is 12.0 Å². The maximum Gasteiger partial charge on any atom is 0.250 e. The normalized spacial score (nSPS) is 29.7. The van der Waals surface area contributed by atoms with Gasteiger partial charge in [-0.2, -0.15) is 0 Å². The Morgan fingerprint density at radius 1 is 1.54 bits per heavy atom. The Labute approximate surface area is 149 Å². The molecule has 7 heteroatoms. The lowest BCUT2D eigenvalue weighted by Crippen LogP contribution is -2.58. The van der Waals surface area contributed by atoms with Gasteiger partial charge in [0.05, 0.1) is 6.54 Å². The number of hydrogen-bond acceptors (Lipinski definition) is 5. The number of thiophene rings is 1. The lowest BCUT2D eigenvalue weighted by atomic mass is 9.75. The van der Waals surface area contributed by atoms with Crippen molar-refractivity contribution in [2.75, 3.05) is 39.8 Å². The molecule has 0 aliphatic carbocycles. The Morgan fingerprint density at radius 3 is 3.00 bits per heavy atom. The molecule has 5 nitrogen and oxygen atoms in total. The zero-order chi connectivity index (χ0) is 17.2. The highest BCUT2D eigenvalue weighted by Gasteiger charge is 2.40. The quantitative estimate of drug-likeness (QED) is 0.738. The molecule has 4 heterocycles. The van der Waals surface area contributed by atoms with Crippen LogP contribution in [-0.2, 0) is 10.0 Å². The summed E-state index contributed by atoms with van der Waals surface area (Å²) in [5, 5.41) is 1.79. The molecule has 3 saturated heterocycles. The van der Waals surface area contributed by atoms with E-state index >= 15 is 0 Å². The Bertz CT molecular complexity index is 681. The molecule has 1 aromatic rings. The summed E-state index contributed by atoms with van der Waals surface area (Å²) >= 11 is 1.26. The first-order valence-corrected chi connectivity index (χ1v) is 10.7. The van der Waals surface area contributed by atoms with Crippen LogP contribution in [0.2, 0.25) is 0 Å². The first-order chi connectivity index (χ1) is 11.5. The first-order valence-electron chi connectivity index (χ1n) is 8.39. The van der Waals surface area contributed by atoms with Crippen LogP contribution in [0.3, 0.4) is 0 Å². The van der Waals surface area contributed by atoms with Gasteiger partial charge in [-0.25, -0.2) is 13.1 Å². The zero-order valence-corrected chi connectivity index (χ0v) is 15.7. The molecule has 1 unspecified atom stereocenters. The van der Waals surface area contributed by atoms with Gasteiger partial charge in [-0.3, -0.25) is 9.80 Å². The molecule has 2 bridgehead atoms. The summed E-state index contributed by atoms with van der Waals surface area (Å²) in [7, 11) is -1.29. The van der Waals surface area contributed by atoms with Crippen molar-refractivity contribution < 1.29 is 8.42 Å². The smallest absolute Gasteiger partial charge is 0.250 e. The van der Waals surface area contributed by atoms with E-state index < -0.39 is 10.0 Å². The van der Waals surface area contributed by atoms with Gasteiger partial charge in [-0.05, 0) is 49.7 Å². The molecule has 4 rings (SSSR count). The van der Waals surface area contributed by atoms with Gasteiger partial charge in [0.25, 0.3) is 0 Å². The van der Waals surface area contributed by atoms with Gasteiger partial charge in [0.1, 0.15) is 4.21 Å². The molecule has 0 radical (unpaired) electrons. The van der Waals surface area contributed by atoms with Crippen LogP contribution < -0.4 is 4.72 Å². The summed E-state index contributed by atoms with van der Waals surface area (Å²) < 4.78 is 27.7. The molecular weight excluding hydrogens is 342 g/mol. The monoisotopic (exact) mass is 367 g/mol. The zero-order valence-electron chi connectivity index (χ0n) is 14.0. The Morgan fingerprint density at radius 2 is 2.38 bits per heavy atom. The number of sulfonamides is 1. The molecule has 24 heavy (non-hydrogen) atoms. The summed E-state index contributed by atoms with van der Waals surface area (Å²) in [6.07, 6.45) is 7.67. The molecule has 1 aromatic heterocycles. The summed E-state index contributed by atoms with van der Waals surface area (Å²) in [4.78, 5) is 4.66. The molecule has 0 saturated carbocycles. The highest BCUT2D eigenvalue weighted by molar-refractivity contribution is 7.91. The van der Waals surface area contributed by atoms with Crippen LogP contribution in [-0.4, -0.2) is 64.0 Å². The topological polar surface area (TPSA) is 52.6 Å². The van der Waals surface area contributed by atoms with Crippen molar-refractivity contribution in [3.8, 4) is 12.3 Å². The van der Waals surface area contributed by atoms with E-state index in [9.17, 15) is 8.42 Å². The average molecular weight is 368 g/mol. The predicted molar refractivity (Wildman–Crippen MR) is 97.4 cm³/mol. The Balaban J connectivity index is 1.54. The van der Waals surface area contributed by atoms with Crippen molar-refractivity contribution in [1.29, 1.82) is 0 Å². The minimum absolute atomic E-state index is 0.313. The molecule has 4 atom stereocenters. The largest absolute Gasteiger partial charge is 0.299 e. The fourth-order valence-electron chi connectivity index (χ4n) is 3.98. The minimum Gasteiger partial charge on any atom is -0.299 e. The number of nitrogens with one attached hydrogen (secondary N) is 1. The molecule has 0 aromatic carbocycles. The van der Waals surface area contributed by atoms with E-state index in [2.05, 4.69) is 27.5 Å². The molecule has 0 amide bonds. The van der Waals surface area contributed by atoms with Gasteiger partial charge < -0.3 is 0 Å². The van der Waals surface area contributed by atoms with Crippen molar-refractivity contribution in [1.82, 2.24) is 14.5 Å². The lowest BCUT2D eigenvalue weighted by Gasteiger charge is -2.50. The number of terminal acetylenes is 1. The lowest BCUT2D eigenvalue weighted by molar-refractivity contribution is -0.00623. The van der Waals surface area contributed by atoms with Crippen molar-refractivity contribution in [2.24, 2.45) is 11.8 Å². The van der Waals surface area contributed by atoms with Gasteiger partial charge in [0, 0.05) is 25.7 Å². The van der Waals surface area contributed by atoms with E-state index in [1.807, 2.05) is 0 Å². The fraction of sp³-hybridized carbons (Fsp3) is 0.647. The van der Waals surface area contributed by atoms with Crippen molar-refractivity contribution in [3.63, 3.8) is 0 Å². The molecule has 132 valence electrons. The van der Waals surface area contributed by atoms with Crippen LogP contribution in [0.25, 0.3) is 0 Å². The summed E-state index contributed by atoms with van der Waals surface area (Å²) in [6, 6.07) is 3.73. The number of nitrogens with zero attached hydrogens (tertiary/aromatic N) is 2. The number of rotatable bonds is 7. The fourth-order valence-corrected chi connectivity index (χ4v) is 6.09. The number of hydrogen-bond donors (Lipinski definition) is 1. The maximum absolute atomic E-state index is 12.3. The second-order valence-corrected chi connectivity index (χ2v) is 9.82. The van der Waals surface area contributed by atoms with E-state index in [0.29, 0.717) is 35.2 Å². The molecule has 3 aliphatic rings. The van der Waals surface area contributed by atoms with Gasteiger partial charge >= 0.3 is 0 Å². The number of fused-ring (bicyclic) bond motifs is 3. The van der Waals surface area contributed by atoms with E-state index in [0.717, 1.165) is 26.1 Å². The van der Waals surface area contributed by atoms with Crippen LogP contribution in [0.1, 0.15) is 12.8 Å². The molecule has 3 aliphatic heterocycles. The predicted octanol–water partition coefficient (Wildman–Crippen LogP) is 1.30. The molecular formula is C17H25N3O2S2. The van der Waals surface area contributed by atoms with Crippen molar-refractivity contribution in [2.45, 2.75) is 23.1 Å². The Hall–Kier alpha value is -0.910.